The zero-order chi connectivity index (χ0) is 34.2. The van der Waals surface area contributed by atoms with Gasteiger partial charge in [0.25, 0.3) is 0 Å². The third-order valence-electron chi connectivity index (χ3n) is 6.25. The highest BCUT2D eigenvalue weighted by molar-refractivity contribution is 7.78. The molecule has 2 aromatic rings. The summed E-state index contributed by atoms with van der Waals surface area (Å²) in [6, 6.07) is 5.88. The van der Waals surface area contributed by atoms with Gasteiger partial charge in [-0.25, -0.2) is 4.99 Å². The summed E-state index contributed by atoms with van der Waals surface area (Å²) in [6.07, 6.45) is -0.126. The smallest absolute Gasteiger partial charge is 0.317 e. The lowest BCUT2D eigenvalue weighted by Crippen LogP contribution is -2.46. The highest BCUT2D eigenvalue weighted by Crippen LogP contribution is 2.20. The molecule has 1 aromatic heterocycles. The Morgan fingerprint density at radius 3 is 1.83 bits per heavy atom. The predicted molar refractivity (Wildman–Crippen MR) is 165 cm³/mol. The number of thiocarbonyl (C=S) groups is 1. The second-order valence-electron chi connectivity index (χ2n) is 9.92. The standard InChI is InChI=1S/C27H33N7O11S/c35-21(29-15-28-16-46)7-17-8-22(36)31-20-9-18(1-2-19(17)20)30-23(37)10-33(12-25(40)41)5-3-32(11-24(38)39)4-6-34(13-26(42)43)14-27(44)45/h1-2,8-9H,3-7,10-15H2,(H,29,35)(H,30,37)(H,31,36)(H,38,39)(H,40,41)(H,42,43)(H,44,45). The number of hydrogen-bond donors (Lipinski definition) is 7. The van der Waals surface area contributed by atoms with E-state index in [4.69, 9.17) is 10.2 Å². The summed E-state index contributed by atoms with van der Waals surface area (Å²) in [6.45, 7) is -2.94. The summed E-state index contributed by atoms with van der Waals surface area (Å²) < 4.78 is 0. The molecule has 0 aliphatic heterocycles. The summed E-state index contributed by atoms with van der Waals surface area (Å²) in [5.74, 6) is -6.02. The molecule has 46 heavy (non-hydrogen) atoms. The number of aliphatic imine (C=N–C) groups is 1. The third kappa shape index (κ3) is 14.1. The van der Waals surface area contributed by atoms with Crippen LogP contribution in [0.2, 0.25) is 0 Å². The van der Waals surface area contributed by atoms with Crippen molar-refractivity contribution in [2.75, 3.05) is 70.9 Å². The summed E-state index contributed by atoms with van der Waals surface area (Å²) in [5.41, 5.74) is 0.540. The maximum atomic E-state index is 12.9. The van der Waals surface area contributed by atoms with E-state index in [0.29, 0.717) is 16.5 Å². The van der Waals surface area contributed by atoms with Crippen molar-refractivity contribution in [3.05, 3.63) is 40.2 Å². The van der Waals surface area contributed by atoms with Crippen LogP contribution >= 0.6 is 12.2 Å². The number of nitrogens with one attached hydrogen (secondary N) is 3. The molecule has 0 saturated heterocycles. The van der Waals surface area contributed by atoms with Crippen molar-refractivity contribution < 1.29 is 49.2 Å². The number of nitrogens with zero attached hydrogens (tertiary/aromatic N) is 4. The number of anilines is 1. The average Bonchev–Trinajstić information content (AvgIpc) is 2.92. The Balaban J connectivity index is 2.10. The lowest BCUT2D eigenvalue weighted by molar-refractivity contribution is -0.143. The number of fused-ring (bicyclic) bond motifs is 1. The Morgan fingerprint density at radius 1 is 0.761 bits per heavy atom. The monoisotopic (exact) mass is 663 g/mol. The molecule has 0 fully saturated rings. The first kappa shape index (κ1) is 37.1. The van der Waals surface area contributed by atoms with Gasteiger partial charge in [-0.1, -0.05) is 6.07 Å². The molecule has 0 aliphatic rings. The molecule has 0 saturated carbocycles. The van der Waals surface area contributed by atoms with E-state index in [1.54, 1.807) is 6.07 Å². The molecule has 19 heteroatoms. The Labute approximate surface area is 266 Å². The molecule has 7 N–H and O–H groups in total. The van der Waals surface area contributed by atoms with E-state index in [9.17, 15) is 43.8 Å². The number of benzene rings is 1. The number of aliphatic carboxylic acids is 4. The third-order valence-corrected chi connectivity index (χ3v) is 6.38. The number of carboxylic acid groups (broad SMARTS) is 4. The summed E-state index contributed by atoms with van der Waals surface area (Å²) in [7, 11) is 0. The first-order valence-corrected chi connectivity index (χ1v) is 14.0. The van der Waals surface area contributed by atoms with Gasteiger partial charge in [0.2, 0.25) is 17.4 Å². The minimum atomic E-state index is -1.26. The number of H-pyrrole nitrogens is 1. The van der Waals surface area contributed by atoms with Crippen molar-refractivity contribution in [2.45, 2.75) is 6.42 Å². The van der Waals surface area contributed by atoms with Crippen LogP contribution in [0.5, 0.6) is 0 Å². The van der Waals surface area contributed by atoms with Gasteiger partial charge in [-0.3, -0.25) is 48.3 Å². The van der Waals surface area contributed by atoms with Gasteiger partial charge >= 0.3 is 23.9 Å². The number of hydrogen-bond acceptors (Lipinski definition) is 12. The van der Waals surface area contributed by atoms with Crippen LogP contribution in [0.15, 0.2) is 34.1 Å². The minimum Gasteiger partial charge on any atom is -0.480 e. The van der Waals surface area contributed by atoms with Gasteiger partial charge in [0.15, 0.2) is 0 Å². The molecule has 2 rings (SSSR count). The number of carbonyl (C=O) groups is 6. The Morgan fingerprint density at radius 2 is 1.28 bits per heavy atom. The van der Waals surface area contributed by atoms with Crippen LogP contribution in [0.1, 0.15) is 5.56 Å². The molecule has 0 radical (unpaired) electrons. The molecule has 18 nitrogen and oxygen atoms in total. The molecule has 0 aliphatic carbocycles. The minimum absolute atomic E-state index is 0.0354. The molecule has 0 bridgehead atoms. The molecule has 0 unspecified atom stereocenters. The quantitative estimate of drug-likeness (QED) is 0.0588. The lowest BCUT2D eigenvalue weighted by atomic mass is 10.1. The molecule has 248 valence electrons. The van der Waals surface area contributed by atoms with E-state index in [2.05, 4.69) is 38.0 Å². The van der Waals surface area contributed by atoms with E-state index in [1.807, 2.05) is 0 Å². The zero-order valence-electron chi connectivity index (χ0n) is 24.4. The average molecular weight is 664 g/mol. The molecular weight excluding hydrogens is 630 g/mol. The van der Waals surface area contributed by atoms with E-state index in [0.717, 1.165) is 4.90 Å². The Hall–Kier alpha value is -5.07. The molecule has 0 spiro atoms. The van der Waals surface area contributed by atoms with E-state index in [1.165, 1.54) is 28.0 Å². The maximum absolute atomic E-state index is 12.9. The lowest BCUT2D eigenvalue weighted by Gasteiger charge is -2.27. The highest BCUT2D eigenvalue weighted by atomic mass is 32.1. The molecule has 0 atom stereocenters. The SMILES string of the molecule is O=C(O)CN(CCN(CC(=O)O)CC(=O)O)CCN(CC(=O)O)CC(=O)Nc1ccc2c(CC(=O)NCN=C=S)cc(=O)[nH]c2c1. The van der Waals surface area contributed by atoms with Crippen LogP contribution in [0.4, 0.5) is 5.69 Å². The first-order valence-electron chi connectivity index (χ1n) is 13.6. The van der Waals surface area contributed by atoms with Gasteiger partial charge in [-0.15, -0.1) is 0 Å². The Kier molecular flexibility index (Phi) is 15.1. The van der Waals surface area contributed by atoms with Gasteiger partial charge in [0.05, 0.1) is 49.8 Å². The van der Waals surface area contributed by atoms with Crippen LogP contribution in [0.3, 0.4) is 0 Å². The normalized spacial score (nSPS) is 10.9. The summed E-state index contributed by atoms with van der Waals surface area (Å²) in [4.78, 5) is 92.2. The number of rotatable bonds is 21. The van der Waals surface area contributed by atoms with Crippen LogP contribution < -0.4 is 16.2 Å². The second-order valence-corrected chi connectivity index (χ2v) is 10.1. The second kappa shape index (κ2) is 18.7. The fraction of sp³-hybridized carbons (Fsp3) is 0.407. The topological polar surface area (TPSA) is 262 Å². The number of isothiocyanates is 1. The number of pyridine rings is 1. The largest absolute Gasteiger partial charge is 0.480 e. The van der Waals surface area contributed by atoms with E-state index < -0.39 is 74.0 Å². The highest BCUT2D eigenvalue weighted by Gasteiger charge is 2.20. The first-order chi connectivity index (χ1) is 21.7. The van der Waals surface area contributed by atoms with E-state index in [-0.39, 0.29) is 45.0 Å². The predicted octanol–water partition coefficient (Wildman–Crippen LogP) is -1.57. The number of aromatic nitrogens is 1. The zero-order valence-corrected chi connectivity index (χ0v) is 25.2. The fourth-order valence-electron chi connectivity index (χ4n) is 4.38. The van der Waals surface area contributed by atoms with Crippen LogP contribution in [0, 0.1) is 0 Å². The summed E-state index contributed by atoms with van der Waals surface area (Å²) >= 11 is 4.45. The molecule has 1 aromatic carbocycles. The number of aromatic amines is 1. The van der Waals surface area contributed by atoms with Gasteiger partial charge in [-0.05, 0) is 29.9 Å². The van der Waals surface area contributed by atoms with Gasteiger partial charge in [0.1, 0.15) is 6.67 Å². The molecule has 1 heterocycles. The number of carbonyl (C=O) groups excluding carboxylic acids is 2. The van der Waals surface area contributed by atoms with Crippen molar-refractivity contribution in [2.24, 2.45) is 4.99 Å². The summed E-state index contributed by atoms with van der Waals surface area (Å²) in [5, 5.41) is 44.5. The van der Waals surface area contributed by atoms with Crippen LogP contribution in [-0.2, 0) is 35.2 Å². The van der Waals surface area contributed by atoms with Crippen LogP contribution in [0.25, 0.3) is 10.9 Å². The Bertz CT molecular complexity index is 1540. The molecule has 2 amide bonds. The van der Waals surface area contributed by atoms with Crippen LogP contribution in [-0.4, -0.2) is 147 Å². The van der Waals surface area contributed by atoms with Gasteiger partial charge in [0, 0.05) is 43.3 Å². The number of amides is 2. The fourth-order valence-corrected chi connectivity index (χ4v) is 4.45. The van der Waals surface area contributed by atoms with Gasteiger partial charge < -0.3 is 36.0 Å². The van der Waals surface area contributed by atoms with Crippen molar-refractivity contribution in [1.29, 1.82) is 0 Å². The van der Waals surface area contributed by atoms with Crippen molar-refractivity contribution in [3.8, 4) is 0 Å². The molecular formula is C27H33N7O11S. The van der Waals surface area contributed by atoms with Gasteiger partial charge in [-0.2, -0.15) is 0 Å². The van der Waals surface area contributed by atoms with Crippen molar-refractivity contribution >= 4 is 69.7 Å². The number of carboxylic acids is 4. The van der Waals surface area contributed by atoms with E-state index >= 15 is 0 Å². The van der Waals surface area contributed by atoms with Crippen molar-refractivity contribution in [3.63, 3.8) is 0 Å². The van der Waals surface area contributed by atoms with Crippen molar-refractivity contribution in [1.82, 2.24) is 25.0 Å². The maximum Gasteiger partial charge on any atom is 0.317 e.